The molecule has 1 N–H and O–H groups in total. The van der Waals surface area contributed by atoms with E-state index in [0.29, 0.717) is 30.5 Å². The van der Waals surface area contributed by atoms with Crippen LogP contribution in [-0.4, -0.2) is 33.0 Å². The summed E-state index contributed by atoms with van der Waals surface area (Å²) in [4.78, 5) is 0. The molecule has 0 fully saturated rings. The van der Waals surface area contributed by atoms with E-state index in [4.69, 9.17) is 21.1 Å². The lowest BCUT2D eigenvalue weighted by atomic mass is 10.2. The van der Waals surface area contributed by atoms with Gasteiger partial charge < -0.3 is 14.8 Å². The van der Waals surface area contributed by atoms with Crippen molar-refractivity contribution < 1.29 is 22.6 Å². The predicted octanol–water partition coefficient (Wildman–Crippen LogP) is 3.41. The molecule has 0 aliphatic heterocycles. The van der Waals surface area contributed by atoms with E-state index in [1.807, 2.05) is 0 Å². The Hall–Kier alpha value is -0.980. The van der Waals surface area contributed by atoms with Crippen molar-refractivity contribution in [1.29, 1.82) is 0 Å². The molecule has 0 saturated heterocycles. The second-order valence-corrected chi connectivity index (χ2v) is 4.57. The van der Waals surface area contributed by atoms with E-state index < -0.39 is 19.2 Å². The van der Waals surface area contributed by atoms with Gasteiger partial charge in [0.15, 0.2) is 0 Å². The molecule has 0 bridgehead atoms. The lowest BCUT2D eigenvalue weighted by molar-refractivity contribution is -0.139. The van der Waals surface area contributed by atoms with Crippen LogP contribution in [0.3, 0.4) is 0 Å². The van der Waals surface area contributed by atoms with Crippen molar-refractivity contribution in [1.82, 2.24) is 5.32 Å². The minimum absolute atomic E-state index is 0.406. The Morgan fingerprint density at radius 3 is 2.65 bits per heavy atom. The number of halogens is 4. The fourth-order valence-corrected chi connectivity index (χ4v) is 1.70. The van der Waals surface area contributed by atoms with Gasteiger partial charge in [-0.3, -0.25) is 0 Å². The van der Waals surface area contributed by atoms with Gasteiger partial charge in [0.05, 0.1) is 19.6 Å². The third kappa shape index (κ3) is 6.98. The van der Waals surface area contributed by atoms with Crippen LogP contribution in [0.15, 0.2) is 18.2 Å². The smallest absolute Gasteiger partial charge is 0.392 e. The maximum absolute atomic E-state index is 12.1. The van der Waals surface area contributed by atoms with E-state index >= 15 is 0 Å². The minimum Gasteiger partial charge on any atom is -0.493 e. The van der Waals surface area contributed by atoms with Gasteiger partial charge in [0.25, 0.3) is 0 Å². The highest BCUT2D eigenvalue weighted by Gasteiger charge is 2.26. The maximum Gasteiger partial charge on any atom is 0.392 e. The Balaban J connectivity index is 2.55. The SMILES string of the molecule is COCCNCc1cc(Cl)ccc1OCCC(F)(F)F. The quantitative estimate of drug-likeness (QED) is 0.746. The fraction of sp³-hybridized carbons (Fsp3) is 0.538. The summed E-state index contributed by atoms with van der Waals surface area (Å²) in [7, 11) is 1.59. The Morgan fingerprint density at radius 2 is 2.00 bits per heavy atom. The normalized spacial score (nSPS) is 11.7. The lowest BCUT2D eigenvalue weighted by Gasteiger charge is -2.13. The van der Waals surface area contributed by atoms with Gasteiger partial charge in [0.1, 0.15) is 5.75 Å². The third-order valence-corrected chi connectivity index (χ3v) is 2.70. The first-order valence-electron chi connectivity index (χ1n) is 6.10. The molecule has 20 heavy (non-hydrogen) atoms. The Bertz CT molecular complexity index is 413. The minimum atomic E-state index is -4.22. The van der Waals surface area contributed by atoms with Crippen LogP contribution in [0.4, 0.5) is 13.2 Å². The molecule has 0 radical (unpaired) electrons. The summed E-state index contributed by atoms with van der Waals surface area (Å²) in [5.41, 5.74) is 0.718. The van der Waals surface area contributed by atoms with E-state index in [2.05, 4.69) is 5.32 Å². The van der Waals surface area contributed by atoms with Crippen LogP contribution in [0, 0.1) is 0 Å². The summed E-state index contributed by atoms with van der Waals surface area (Å²) in [6.45, 7) is 1.22. The van der Waals surface area contributed by atoms with Crippen molar-refractivity contribution in [3.05, 3.63) is 28.8 Å². The van der Waals surface area contributed by atoms with Crippen LogP contribution >= 0.6 is 11.6 Å². The predicted molar refractivity (Wildman–Crippen MR) is 71.2 cm³/mol. The van der Waals surface area contributed by atoms with Crippen LogP contribution < -0.4 is 10.1 Å². The molecule has 0 heterocycles. The molecular weight excluding hydrogens is 295 g/mol. The van der Waals surface area contributed by atoms with Crippen LogP contribution in [0.25, 0.3) is 0 Å². The molecule has 0 atom stereocenters. The Kier molecular flexibility index (Phi) is 7.12. The molecule has 1 rings (SSSR count). The van der Waals surface area contributed by atoms with E-state index in [9.17, 15) is 13.2 Å². The molecule has 0 spiro atoms. The first-order valence-corrected chi connectivity index (χ1v) is 6.48. The zero-order valence-electron chi connectivity index (χ0n) is 11.1. The number of nitrogens with one attached hydrogen (secondary N) is 1. The second kappa shape index (κ2) is 8.34. The summed E-state index contributed by atoms with van der Waals surface area (Å²) < 4.78 is 46.3. The van der Waals surface area contributed by atoms with Gasteiger partial charge in [-0.2, -0.15) is 13.2 Å². The molecule has 1 aromatic rings. The fourth-order valence-electron chi connectivity index (χ4n) is 1.50. The zero-order chi connectivity index (χ0) is 15.0. The topological polar surface area (TPSA) is 30.5 Å². The first-order chi connectivity index (χ1) is 9.42. The standard InChI is InChI=1S/C13H17ClF3NO2/c1-19-7-5-18-9-10-8-11(14)2-3-12(10)20-6-4-13(15,16)17/h2-3,8,18H,4-7,9H2,1H3. The monoisotopic (exact) mass is 311 g/mol. The van der Waals surface area contributed by atoms with Gasteiger partial charge in [-0.05, 0) is 18.2 Å². The van der Waals surface area contributed by atoms with E-state index in [-0.39, 0.29) is 0 Å². The summed E-state index contributed by atoms with van der Waals surface area (Å²) in [5.74, 6) is 0.406. The summed E-state index contributed by atoms with van der Waals surface area (Å²) in [6, 6.07) is 4.83. The highest BCUT2D eigenvalue weighted by Crippen LogP contribution is 2.25. The Labute approximate surface area is 121 Å². The number of methoxy groups -OCH3 is 1. The summed E-state index contributed by atoms with van der Waals surface area (Å²) in [5, 5.41) is 3.60. The average Bonchev–Trinajstić information content (AvgIpc) is 2.35. The second-order valence-electron chi connectivity index (χ2n) is 4.14. The Morgan fingerprint density at radius 1 is 1.25 bits per heavy atom. The van der Waals surface area contributed by atoms with E-state index in [1.165, 1.54) is 0 Å². The maximum atomic E-state index is 12.1. The number of hydrogen-bond donors (Lipinski definition) is 1. The van der Waals surface area contributed by atoms with Crippen molar-refractivity contribution >= 4 is 11.6 Å². The van der Waals surface area contributed by atoms with Crippen molar-refractivity contribution in [2.24, 2.45) is 0 Å². The number of benzene rings is 1. The van der Waals surface area contributed by atoms with Gasteiger partial charge in [-0.25, -0.2) is 0 Å². The summed E-state index contributed by atoms with van der Waals surface area (Å²) in [6.07, 6.45) is -5.20. The van der Waals surface area contributed by atoms with E-state index in [0.717, 1.165) is 5.56 Å². The number of rotatable bonds is 8. The van der Waals surface area contributed by atoms with Gasteiger partial charge in [-0.1, -0.05) is 11.6 Å². The molecule has 0 saturated carbocycles. The number of ether oxygens (including phenoxy) is 2. The van der Waals surface area contributed by atoms with Gasteiger partial charge in [0.2, 0.25) is 0 Å². The largest absolute Gasteiger partial charge is 0.493 e. The van der Waals surface area contributed by atoms with Crippen LogP contribution in [-0.2, 0) is 11.3 Å². The van der Waals surface area contributed by atoms with Crippen molar-refractivity contribution in [2.45, 2.75) is 19.1 Å². The van der Waals surface area contributed by atoms with Crippen molar-refractivity contribution in [2.75, 3.05) is 26.9 Å². The third-order valence-electron chi connectivity index (χ3n) is 2.46. The van der Waals surface area contributed by atoms with Crippen LogP contribution in [0.1, 0.15) is 12.0 Å². The van der Waals surface area contributed by atoms with Crippen LogP contribution in [0.5, 0.6) is 5.75 Å². The van der Waals surface area contributed by atoms with Crippen LogP contribution in [0.2, 0.25) is 5.02 Å². The molecule has 114 valence electrons. The molecule has 0 amide bonds. The van der Waals surface area contributed by atoms with Gasteiger partial charge in [-0.15, -0.1) is 0 Å². The molecular formula is C13H17ClF3NO2. The molecule has 0 unspecified atom stereocenters. The molecule has 0 aliphatic carbocycles. The highest BCUT2D eigenvalue weighted by molar-refractivity contribution is 6.30. The van der Waals surface area contributed by atoms with Gasteiger partial charge >= 0.3 is 6.18 Å². The first kappa shape index (κ1) is 17.1. The van der Waals surface area contributed by atoms with E-state index in [1.54, 1.807) is 25.3 Å². The molecule has 0 aromatic heterocycles. The summed E-state index contributed by atoms with van der Waals surface area (Å²) >= 11 is 5.88. The zero-order valence-corrected chi connectivity index (χ0v) is 11.9. The lowest BCUT2D eigenvalue weighted by Crippen LogP contribution is -2.19. The van der Waals surface area contributed by atoms with Crippen molar-refractivity contribution in [3.63, 3.8) is 0 Å². The van der Waals surface area contributed by atoms with Gasteiger partial charge in [0, 0.05) is 30.8 Å². The molecule has 0 aliphatic rings. The molecule has 3 nitrogen and oxygen atoms in total. The molecule has 7 heteroatoms. The average molecular weight is 312 g/mol. The highest BCUT2D eigenvalue weighted by atomic mass is 35.5. The molecule has 1 aromatic carbocycles. The van der Waals surface area contributed by atoms with Crippen molar-refractivity contribution in [3.8, 4) is 5.75 Å². The number of alkyl halides is 3. The number of hydrogen-bond acceptors (Lipinski definition) is 3.